The molecule has 4 atom stereocenters. The topological polar surface area (TPSA) is 15.4 Å². The Morgan fingerprint density at radius 1 is 0.840 bits per heavy atom. The summed E-state index contributed by atoms with van der Waals surface area (Å²) in [6.45, 7) is 13.4. The molecular weight excluding hydrogens is 538 g/mol. The van der Waals surface area contributed by atoms with E-state index < -0.39 is 0 Å². The molecule has 0 saturated heterocycles. The highest BCUT2D eigenvalue weighted by atomic mass is 127. The Morgan fingerprint density at radius 2 is 1.24 bits per heavy atom. The summed E-state index contributed by atoms with van der Waals surface area (Å²) in [4.78, 5) is 7.67. The molecule has 25 heavy (non-hydrogen) atoms. The van der Waals surface area contributed by atoms with Crippen LogP contribution in [-0.2, 0) is 0 Å². The van der Waals surface area contributed by atoms with E-state index in [0.717, 1.165) is 13.1 Å². The van der Waals surface area contributed by atoms with Crippen molar-refractivity contribution in [2.24, 2.45) is 0 Å². The average Bonchev–Trinajstić information content (AvgIpc) is 3.10. The molecule has 2 aliphatic rings. The first kappa shape index (κ1) is 22.7. The highest BCUT2D eigenvalue weighted by Gasteiger charge is 2.33. The predicted molar refractivity (Wildman–Crippen MR) is 94.4 cm³/mol. The Balaban J connectivity index is 0.00000156. The number of rotatable bonds is 4. The van der Waals surface area contributed by atoms with Gasteiger partial charge in [0.05, 0.1) is 18.0 Å². The van der Waals surface area contributed by atoms with Gasteiger partial charge in [0.1, 0.15) is 23.8 Å². The second-order valence-corrected chi connectivity index (χ2v) is 6.53. The van der Waals surface area contributed by atoms with Crippen molar-refractivity contribution in [1.82, 2.24) is 9.80 Å². The Hall–Kier alpha value is -0.320. The zero-order valence-corrected chi connectivity index (χ0v) is 20.1. The lowest BCUT2D eigenvalue weighted by Gasteiger charge is -2.27. The molecule has 0 spiro atoms. The van der Waals surface area contributed by atoms with E-state index >= 15 is 0 Å². The van der Waals surface area contributed by atoms with Crippen LogP contribution in [0.5, 0.6) is 0 Å². The lowest BCUT2D eigenvalue weighted by Crippen LogP contribution is -3.08. The number of quaternary nitrogens is 2. The standard InChI is InChI=1S/C19H28N4.2HI/c1-6-20-11-13-22(16(20)4)18-9-8-10-19(15(18)3)23-14-12-21(7-2)17(23)5;;/h8-14,16-17H,6-7H2,1-5H3;2*1H/t16-,17+;;. The smallest absolute Gasteiger partial charge is 0.169 e. The second kappa shape index (κ2) is 9.57. The van der Waals surface area contributed by atoms with Gasteiger partial charge in [0.25, 0.3) is 0 Å². The zero-order valence-electron chi connectivity index (χ0n) is 15.8. The van der Waals surface area contributed by atoms with Crippen LogP contribution in [0.2, 0.25) is 0 Å². The van der Waals surface area contributed by atoms with Crippen LogP contribution < -0.4 is 57.8 Å². The fourth-order valence-electron chi connectivity index (χ4n) is 3.90. The predicted octanol–water partition coefficient (Wildman–Crippen LogP) is -4.66. The van der Waals surface area contributed by atoms with Crippen molar-refractivity contribution in [3.63, 3.8) is 0 Å². The molecule has 0 saturated carbocycles. The highest BCUT2D eigenvalue weighted by molar-refractivity contribution is 5.52. The molecule has 0 amide bonds. The first-order valence-corrected chi connectivity index (χ1v) is 8.80. The molecule has 1 aromatic carbocycles. The van der Waals surface area contributed by atoms with Gasteiger partial charge in [-0.2, -0.15) is 0 Å². The molecule has 2 aliphatic heterocycles. The van der Waals surface area contributed by atoms with Crippen LogP contribution in [0.25, 0.3) is 0 Å². The number of hydrogen-bond acceptors (Lipinski definition) is 2. The Bertz CT molecular complexity index is 582. The molecule has 3 rings (SSSR count). The molecular formula is C19H30I2N4. The van der Waals surface area contributed by atoms with Crippen molar-refractivity contribution in [1.29, 1.82) is 0 Å². The minimum absolute atomic E-state index is 0. The van der Waals surface area contributed by atoms with Crippen LogP contribution in [-0.4, -0.2) is 35.2 Å². The van der Waals surface area contributed by atoms with Gasteiger partial charge in [0.15, 0.2) is 12.3 Å². The maximum Gasteiger partial charge on any atom is 0.169 e. The zero-order chi connectivity index (χ0) is 16.6. The van der Waals surface area contributed by atoms with Crippen LogP contribution in [0.3, 0.4) is 0 Å². The summed E-state index contributed by atoms with van der Waals surface area (Å²) < 4.78 is 0. The fourth-order valence-corrected chi connectivity index (χ4v) is 3.90. The maximum atomic E-state index is 2.39. The van der Waals surface area contributed by atoms with Crippen molar-refractivity contribution in [3.8, 4) is 0 Å². The van der Waals surface area contributed by atoms with E-state index in [-0.39, 0.29) is 48.0 Å². The fraction of sp³-hybridized carbons (Fsp3) is 0.474. The molecule has 2 unspecified atom stereocenters. The molecule has 4 nitrogen and oxygen atoms in total. The summed E-state index contributed by atoms with van der Waals surface area (Å²) in [6.07, 6.45) is 9.96. The second-order valence-electron chi connectivity index (χ2n) is 6.53. The molecule has 0 aromatic heterocycles. The summed E-state index contributed by atoms with van der Waals surface area (Å²) in [5.74, 6) is 0. The van der Waals surface area contributed by atoms with E-state index in [1.807, 2.05) is 0 Å². The van der Waals surface area contributed by atoms with Crippen molar-refractivity contribution < 1.29 is 57.8 Å². The average molecular weight is 568 g/mol. The van der Waals surface area contributed by atoms with Gasteiger partial charge in [-0.3, -0.25) is 9.80 Å². The number of nitrogens with one attached hydrogen (secondary N) is 2. The first-order chi connectivity index (χ1) is 11.1. The number of nitrogens with zero attached hydrogens (tertiary/aromatic N) is 2. The molecule has 2 N–H and O–H groups in total. The highest BCUT2D eigenvalue weighted by Crippen LogP contribution is 2.20. The molecule has 0 radical (unpaired) electrons. The van der Waals surface area contributed by atoms with E-state index in [1.54, 1.807) is 0 Å². The Kier molecular flexibility index (Phi) is 8.70. The third-order valence-electron chi connectivity index (χ3n) is 5.47. The van der Waals surface area contributed by atoms with Crippen molar-refractivity contribution in [2.75, 3.05) is 13.1 Å². The summed E-state index contributed by atoms with van der Waals surface area (Å²) in [5, 5.41) is 0. The lowest BCUT2D eigenvalue weighted by atomic mass is 10.1. The minimum Gasteiger partial charge on any atom is -1.00 e. The summed E-state index contributed by atoms with van der Waals surface area (Å²) >= 11 is 0. The van der Waals surface area contributed by atoms with Gasteiger partial charge in [-0.25, -0.2) is 0 Å². The molecule has 0 fully saturated rings. The summed E-state index contributed by atoms with van der Waals surface area (Å²) in [5.41, 5.74) is 4.19. The van der Waals surface area contributed by atoms with E-state index in [1.165, 1.54) is 26.7 Å². The Labute approximate surface area is 186 Å². The SMILES string of the molecule is CCN1C=C[NH+](c2cccc([NH+]3C=CN(CC)[C@@H]3C)c2C)[C@@H]1C.[I-].[I-]. The van der Waals surface area contributed by atoms with E-state index in [9.17, 15) is 0 Å². The van der Waals surface area contributed by atoms with Gasteiger partial charge in [0.2, 0.25) is 0 Å². The summed E-state index contributed by atoms with van der Waals surface area (Å²) in [7, 11) is 0. The number of halogens is 2. The molecule has 140 valence electrons. The lowest BCUT2D eigenvalue weighted by molar-refractivity contribution is -0.814. The minimum atomic E-state index is 0. The van der Waals surface area contributed by atoms with Gasteiger partial charge < -0.3 is 57.8 Å². The third kappa shape index (κ3) is 4.17. The van der Waals surface area contributed by atoms with Crippen LogP contribution in [0.4, 0.5) is 11.4 Å². The molecule has 6 heteroatoms. The van der Waals surface area contributed by atoms with E-state index in [4.69, 9.17) is 0 Å². The van der Waals surface area contributed by atoms with Gasteiger partial charge in [-0.15, -0.1) is 0 Å². The quantitative estimate of drug-likeness (QED) is 0.356. The monoisotopic (exact) mass is 568 g/mol. The van der Waals surface area contributed by atoms with Crippen LogP contribution in [0.1, 0.15) is 33.3 Å². The van der Waals surface area contributed by atoms with Gasteiger partial charge in [-0.05, 0) is 20.8 Å². The van der Waals surface area contributed by atoms with Crippen molar-refractivity contribution in [3.05, 3.63) is 48.6 Å². The third-order valence-corrected chi connectivity index (χ3v) is 5.47. The van der Waals surface area contributed by atoms with Crippen molar-refractivity contribution in [2.45, 2.75) is 47.0 Å². The van der Waals surface area contributed by atoms with Crippen molar-refractivity contribution >= 4 is 11.4 Å². The van der Waals surface area contributed by atoms with Gasteiger partial charge in [0, 0.05) is 39.1 Å². The van der Waals surface area contributed by atoms with Crippen LogP contribution in [0, 0.1) is 6.92 Å². The largest absolute Gasteiger partial charge is 1.00 e. The maximum absolute atomic E-state index is 2.39. The molecule has 0 bridgehead atoms. The molecule has 0 aliphatic carbocycles. The van der Waals surface area contributed by atoms with Crippen LogP contribution >= 0.6 is 0 Å². The Morgan fingerprint density at radius 3 is 1.56 bits per heavy atom. The van der Waals surface area contributed by atoms with Crippen LogP contribution in [0.15, 0.2) is 43.0 Å². The first-order valence-electron chi connectivity index (χ1n) is 8.80. The number of hydrogen-bond donors (Lipinski definition) is 2. The summed E-state index contributed by atoms with van der Waals surface area (Å²) in [6, 6.07) is 6.76. The van der Waals surface area contributed by atoms with E-state index in [2.05, 4.69) is 87.4 Å². The van der Waals surface area contributed by atoms with E-state index in [0.29, 0.717) is 12.3 Å². The van der Waals surface area contributed by atoms with Gasteiger partial charge in [-0.1, -0.05) is 6.07 Å². The number of benzene rings is 1. The molecule has 1 aromatic rings. The van der Waals surface area contributed by atoms with Gasteiger partial charge >= 0.3 is 0 Å². The normalized spacial score (nSPS) is 27.4. The molecule has 2 heterocycles.